The predicted octanol–water partition coefficient (Wildman–Crippen LogP) is 1.74. The number of carboxylic acids is 1. The number of hydrogen-bond acceptors (Lipinski definition) is 2. The molecule has 5 heteroatoms. The summed E-state index contributed by atoms with van der Waals surface area (Å²) in [6, 6.07) is 5.46. The minimum atomic E-state index is -0.897. The van der Waals surface area contributed by atoms with E-state index in [1.165, 1.54) is 0 Å². The van der Waals surface area contributed by atoms with E-state index >= 15 is 0 Å². The highest BCUT2D eigenvalue weighted by Crippen LogP contribution is 2.60. The molecule has 1 aromatic rings. The number of hydrogen-bond donors (Lipinski definition) is 2. The van der Waals surface area contributed by atoms with Crippen molar-refractivity contribution in [3.8, 4) is 0 Å². The molecule has 3 rings (SSSR count). The molecule has 16 heavy (non-hydrogen) atoms. The highest BCUT2D eigenvalue weighted by atomic mass is 79.9. The Morgan fingerprint density at radius 1 is 1.56 bits per heavy atom. The lowest BCUT2D eigenvalue weighted by Crippen LogP contribution is -2.24. The molecule has 2 atom stereocenters. The minimum absolute atomic E-state index is 0.187. The molecule has 1 saturated carbocycles. The van der Waals surface area contributed by atoms with Crippen LogP contribution >= 0.6 is 15.9 Å². The highest BCUT2D eigenvalue weighted by Gasteiger charge is 2.68. The van der Waals surface area contributed by atoms with Gasteiger partial charge in [0.25, 0.3) is 0 Å². The van der Waals surface area contributed by atoms with E-state index in [1.54, 1.807) is 6.07 Å². The van der Waals surface area contributed by atoms with E-state index in [0.29, 0.717) is 6.42 Å². The van der Waals surface area contributed by atoms with E-state index in [-0.39, 0.29) is 5.91 Å². The third kappa shape index (κ3) is 1.04. The topological polar surface area (TPSA) is 66.4 Å². The molecule has 0 bridgehead atoms. The molecule has 0 aromatic heterocycles. The second-order valence-electron chi connectivity index (χ2n) is 4.21. The summed E-state index contributed by atoms with van der Waals surface area (Å²) >= 11 is 3.32. The maximum absolute atomic E-state index is 11.9. The van der Waals surface area contributed by atoms with Gasteiger partial charge in [0.2, 0.25) is 5.91 Å². The minimum Gasteiger partial charge on any atom is -0.481 e. The van der Waals surface area contributed by atoms with Crippen molar-refractivity contribution >= 4 is 33.5 Å². The van der Waals surface area contributed by atoms with Gasteiger partial charge in [0, 0.05) is 10.2 Å². The molecule has 1 heterocycles. The Morgan fingerprint density at radius 2 is 2.31 bits per heavy atom. The van der Waals surface area contributed by atoms with E-state index in [4.69, 9.17) is 5.11 Å². The number of halogens is 1. The number of carboxylic acid groups (broad SMARTS) is 1. The van der Waals surface area contributed by atoms with Gasteiger partial charge in [-0.2, -0.15) is 0 Å². The van der Waals surface area contributed by atoms with Crippen molar-refractivity contribution in [2.24, 2.45) is 5.92 Å². The normalized spacial score (nSPS) is 30.1. The number of anilines is 1. The first-order chi connectivity index (χ1) is 7.55. The molecular weight excluding hydrogens is 274 g/mol. The lowest BCUT2D eigenvalue weighted by molar-refractivity contribution is -0.140. The lowest BCUT2D eigenvalue weighted by Gasteiger charge is -2.05. The molecular formula is C11H8BrNO3. The summed E-state index contributed by atoms with van der Waals surface area (Å²) in [4.78, 5) is 22.8. The van der Waals surface area contributed by atoms with Crippen LogP contribution < -0.4 is 5.32 Å². The molecule has 1 fully saturated rings. The Labute approximate surface area is 99.8 Å². The summed E-state index contributed by atoms with van der Waals surface area (Å²) in [5.41, 5.74) is 0.734. The second-order valence-corrected chi connectivity index (χ2v) is 5.13. The van der Waals surface area contributed by atoms with Gasteiger partial charge < -0.3 is 10.4 Å². The van der Waals surface area contributed by atoms with Gasteiger partial charge in [0.15, 0.2) is 0 Å². The third-order valence-electron chi connectivity index (χ3n) is 3.37. The Bertz CT molecular complexity index is 528. The first-order valence-corrected chi connectivity index (χ1v) is 5.69. The number of aliphatic carboxylic acids is 1. The maximum Gasteiger partial charge on any atom is 0.307 e. The number of benzene rings is 1. The zero-order chi connectivity index (χ0) is 11.5. The van der Waals surface area contributed by atoms with Crippen LogP contribution in [0, 0.1) is 5.92 Å². The number of amides is 1. The van der Waals surface area contributed by atoms with E-state index < -0.39 is 17.3 Å². The number of fused-ring (bicyclic) bond motifs is 2. The second kappa shape index (κ2) is 2.85. The van der Waals surface area contributed by atoms with Gasteiger partial charge in [0.05, 0.1) is 11.3 Å². The zero-order valence-corrected chi connectivity index (χ0v) is 9.74. The molecule has 1 amide bonds. The molecule has 2 unspecified atom stereocenters. The standard InChI is InChI=1S/C11H8BrNO3/c12-5-1-2-6-8(3-5)13-10(16)11(6)4-7(11)9(14)15/h1-3,7H,4H2,(H,13,16)(H,14,15). The molecule has 1 aromatic carbocycles. The van der Waals surface area contributed by atoms with Crippen molar-refractivity contribution < 1.29 is 14.7 Å². The molecule has 1 aliphatic heterocycles. The fourth-order valence-corrected chi connectivity index (χ4v) is 2.84. The smallest absolute Gasteiger partial charge is 0.307 e. The molecule has 0 saturated heterocycles. The Morgan fingerprint density at radius 3 is 2.94 bits per heavy atom. The van der Waals surface area contributed by atoms with E-state index in [0.717, 1.165) is 15.7 Å². The largest absolute Gasteiger partial charge is 0.481 e. The van der Waals surface area contributed by atoms with Gasteiger partial charge in [-0.15, -0.1) is 0 Å². The first-order valence-electron chi connectivity index (χ1n) is 4.90. The van der Waals surface area contributed by atoms with Gasteiger partial charge in [-0.05, 0) is 24.1 Å². The van der Waals surface area contributed by atoms with Gasteiger partial charge >= 0.3 is 5.97 Å². The predicted molar refractivity (Wildman–Crippen MR) is 60.2 cm³/mol. The van der Waals surface area contributed by atoms with Gasteiger partial charge in [-0.25, -0.2) is 0 Å². The lowest BCUT2D eigenvalue weighted by atomic mass is 9.95. The Balaban J connectivity index is 2.12. The van der Waals surface area contributed by atoms with E-state index in [2.05, 4.69) is 21.2 Å². The number of rotatable bonds is 1. The third-order valence-corrected chi connectivity index (χ3v) is 3.87. The van der Waals surface area contributed by atoms with Crippen LogP contribution in [0.3, 0.4) is 0 Å². The quantitative estimate of drug-likeness (QED) is 0.824. The van der Waals surface area contributed by atoms with Crippen LogP contribution in [0.2, 0.25) is 0 Å². The van der Waals surface area contributed by atoms with Crippen LogP contribution in [-0.4, -0.2) is 17.0 Å². The van der Waals surface area contributed by atoms with Gasteiger partial charge in [-0.3, -0.25) is 9.59 Å². The molecule has 82 valence electrons. The van der Waals surface area contributed by atoms with Gasteiger partial charge in [-0.1, -0.05) is 22.0 Å². The molecule has 2 aliphatic rings. The Kier molecular flexibility index (Phi) is 1.75. The zero-order valence-electron chi connectivity index (χ0n) is 8.16. The number of carbonyl (C=O) groups excluding carboxylic acids is 1. The summed E-state index contributed by atoms with van der Waals surface area (Å²) in [5, 5.41) is 11.7. The molecule has 0 radical (unpaired) electrons. The fraction of sp³-hybridized carbons (Fsp3) is 0.273. The summed E-state index contributed by atoms with van der Waals surface area (Å²) in [6.45, 7) is 0. The molecule has 4 nitrogen and oxygen atoms in total. The Hall–Kier alpha value is -1.36. The van der Waals surface area contributed by atoms with Crippen LogP contribution in [0.5, 0.6) is 0 Å². The summed E-state index contributed by atoms with van der Waals surface area (Å²) in [7, 11) is 0. The number of carbonyl (C=O) groups is 2. The van der Waals surface area contributed by atoms with Crippen molar-refractivity contribution in [2.75, 3.05) is 5.32 Å². The average molecular weight is 282 g/mol. The fourth-order valence-electron chi connectivity index (χ4n) is 2.47. The van der Waals surface area contributed by atoms with Crippen molar-refractivity contribution in [3.05, 3.63) is 28.2 Å². The first kappa shape index (κ1) is 9.84. The van der Waals surface area contributed by atoms with Crippen LogP contribution in [0.4, 0.5) is 5.69 Å². The highest BCUT2D eigenvalue weighted by molar-refractivity contribution is 9.10. The average Bonchev–Trinajstić information content (AvgIpc) is 2.88. The SMILES string of the molecule is O=C(O)C1CC12C(=O)Nc1cc(Br)ccc12. The van der Waals surface area contributed by atoms with Crippen LogP contribution in [0.1, 0.15) is 12.0 Å². The molecule has 1 spiro atoms. The van der Waals surface area contributed by atoms with E-state index in [9.17, 15) is 9.59 Å². The van der Waals surface area contributed by atoms with E-state index in [1.807, 2.05) is 12.1 Å². The van der Waals surface area contributed by atoms with Crippen molar-refractivity contribution in [1.29, 1.82) is 0 Å². The van der Waals surface area contributed by atoms with Crippen molar-refractivity contribution in [1.82, 2.24) is 0 Å². The van der Waals surface area contributed by atoms with Crippen molar-refractivity contribution in [3.63, 3.8) is 0 Å². The van der Waals surface area contributed by atoms with Crippen LogP contribution in [-0.2, 0) is 15.0 Å². The van der Waals surface area contributed by atoms with Crippen LogP contribution in [0.15, 0.2) is 22.7 Å². The molecule has 2 N–H and O–H groups in total. The van der Waals surface area contributed by atoms with Crippen LogP contribution in [0.25, 0.3) is 0 Å². The number of nitrogens with one attached hydrogen (secondary N) is 1. The van der Waals surface area contributed by atoms with Crippen molar-refractivity contribution in [2.45, 2.75) is 11.8 Å². The molecule has 1 aliphatic carbocycles. The summed E-state index contributed by atoms with van der Waals surface area (Å²) in [5.74, 6) is -1.66. The summed E-state index contributed by atoms with van der Waals surface area (Å²) in [6.07, 6.45) is 0.406. The maximum atomic E-state index is 11.9. The monoisotopic (exact) mass is 281 g/mol. The summed E-state index contributed by atoms with van der Waals surface area (Å²) < 4.78 is 0.871. The van der Waals surface area contributed by atoms with Gasteiger partial charge in [0.1, 0.15) is 0 Å².